The number of carbonyl (C=O) groups is 2. The monoisotopic (exact) mass is 279 g/mol. The SMILES string of the molecule is CN(C)C(=O)CCNCc1ccc(OCC(N)=O)cc1. The molecule has 6 nitrogen and oxygen atoms in total. The molecule has 0 fully saturated rings. The van der Waals surface area contributed by atoms with Gasteiger partial charge in [0.15, 0.2) is 6.61 Å². The predicted molar refractivity (Wildman–Crippen MR) is 76.1 cm³/mol. The Morgan fingerprint density at radius 3 is 2.45 bits per heavy atom. The topological polar surface area (TPSA) is 84.7 Å². The van der Waals surface area contributed by atoms with Gasteiger partial charge in [-0.1, -0.05) is 12.1 Å². The molecule has 1 aromatic rings. The van der Waals surface area contributed by atoms with Crippen LogP contribution in [-0.4, -0.2) is 44.0 Å². The first-order valence-electron chi connectivity index (χ1n) is 6.40. The number of rotatable bonds is 8. The Hall–Kier alpha value is -2.08. The molecule has 0 atom stereocenters. The molecule has 0 aromatic heterocycles. The van der Waals surface area contributed by atoms with E-state index in [0.717, 1.165) is 5.56 Å². The summed E-state index contributed by atoms with van der Waals surface area (Å²) in [6, 6.07) is 7.37. The van der Waals surface area contributed by atoms with Gasteiger partial charge in [-0.15, -0.1) is 0 Å². The summed E-state index contributed by atoms with van der Waals surface area (Å²) in [5, 5.41) is 3.19. The Bertz CT molecular complexity index is 443. The van der Waals surface area contributed by atoms with Gasteiger partial charge in [0.05, 0.1) is 0 Å². The zero-order valence-corrected chi connectivity index (χ0v) is 11.9. The van der Waals surface area contributed by atoms with E-state index in [1.165, 1.54) is 0 Å². The van der Waals surface area contributed by atoms with Gasteiger partial charge in [-0.25, -0.2) is 0 Å². The van der Waals surface area contributed by atoms with Gasteiger partial charge in [-0.05, 0) is 17.7 Å². The Morgan fingerprint density at radius 2 is 1.90 bits per heavy atom. The van der Waals surface area contributed by atoms with Crippen molar-refractivity contribution in [3.8, 4) is 5.75 Å². The molecule has 110 valence electrons. The van der Waals surface area contributed by atoms with Crippen molar-refractivity contribution in [2.24, 2.45) is 5.73 Å². The van der Waals surface area contributed by atoms with Crippen molar-refractivity contribution >= 4 is 11.8 Å². The van der Waals surface area contributed by atoms with Crippen LogP contribution in [0.1, 0.15) is 12.0 Å². The van der Waals surface area contributed by atoms with Crippen LogP contribution in [0.2, 0.25) is 0 Å². The third kappa shape index (κ3) is 6.19. The molecule has 0 bridgehead atoms. The lowest BCUT2D eigenvalue weighted by molar-refractivity contribution is -0.128. The number of nitrogens with two attached hydrogens (primary N) is 1. The highest BCUT2D eigenvalue weighted by Gasteiger charge is 2.03. The van der Waals surface area contributed by atoms with Crippen molar-refractivity contribution in [1.82, 2.24) is 10.2 Å². The maximum absolute atomic E-state index is 11.4. The van der Waals surface area contributed by atoms with E-state index < -0.39 is 5.91 Å². The molecule has 3 N–H and O–H groups in total. The second kappa shape index (κ2) is 8.16. The number of hydrogen-bond acceptors (Lipinski definition) is 4. The zero-order valence-electron chi connectivity index (χ0n) is 11.9. The quantitative estimate of drug-likeness (QED) is 0.662. The molecule has 6 heteroatoms. The van der Waals surface area contributed by atoms with Gasteiger partial charge < -0.3 is 20.7 Å². The smallest absolute Gasteiger partial charge is 0.255 e. The first-order valence-corrected chi connectivity index (χ1v) is 6.40. The zero-order chi connectivity index (χ0) is 15.0. The van der Waals surface area contributed by atoms with Gasteiger partial charge in [0.25, 0.3) is 5.91 Å². The predicted octanol–water partition coefficient (Wildman–Crippen LogP) is 0.119. The Kier molecular flexibility index (Phi) is 6.52. The number of carbonyl (C=O) groups excluding carboxylic acids is 2. The molecular weight excluding hydrogens is 258 g/mol. The molecule has 2 amide bonds. The molecule has 0 saturated heterocycles. The number of nitrogens with one attached hydrogen (secondary N) is 1. The highest BCUT2D eigenvalue weighted by molar-refractivity contribution is 5.75. The number of primary amides is 1. The molecule has 0 aliphatic carbocycles. The summed E-state index contributed by atoms with van der Waals surface area (Å²) in [4.78, 5) is 23.5. The van der Waals surface area contributed by atoms with E-state index >= 15 is 0 Å². The lowest BCUT2D eigenvalue weighted by Gasteiger charge is -2.10. The van der Waals surface area contributed by atoms with Crippen molar-refractivity contribution in [3.63, 3.8) is 0 Å². The normalized spacial score (nSPS) is 10.1. The van der Waals surface area contributed by atoms with E-state index in [1.807, 2.05) is 12.1 Å². The third-order valence-corrected chi connectivity index (χ3v) is 2.65. The Balaban J connectivity index is 2.28. The average Bonchev–Trinajstić information content (AvgIpc) is 2.42. The second-order valence-corrected chi connectivity index (χ2v) is 4.61. The molecule has 0 aliphatic rings. The van der Waals surface area contributed by atoms with Crippen molar-refractivity contribution in [1.29, 1.82) is 0 Å². The fourth-order valence-corrected chi connectivity index (χ4v) is 1.51. The lowest BCUT2D eigenvalue weighted by Crippen LogP contribution is -2.26. The molecule has 1 rings (SSSR count). The molecule has 0 aliphatic heterocycles. The number of benzene rings is 1. The molecule has 1 aromatic carbocycles. The minimum atomic E-state index is -0.499. The highest BCUT2D eigenvalue weighted by Crippen LogP contribution is 2.11. The standard InChI is InChI=1S/C14H21N3O3/c1-17(2)14(19)7-8-16-9-11-3-5-12(6-4-11)20-10-13(15)18/h3-6,16H,7-10H2,1-2H3,(H2,15,18). The summed E-state index contributed by atoms with van der Waals surface area (Å²) >= 11 is 0. The van der Waals surface area contributed by atoms with E-state index in [0.29, 0.717) is 25.3 Å². The van der Waals surface area contributed by atoms with Gasteiger partial charge >= 0.3 is 0 Å². The lowest BCUT2D eigenvalue weighted by atomic mass is 10.2. The van der Waals surface area contributed by atoms with Gasteiger partial charge in [0, 0.05) is 33.6 Å². The van der Waals surface area contributed by atoms with E-state index in [4.69, 9.17) is 10.5 Å². The summed E-state index contributed by atoms with van der Waals surface area (Å²) < 4.78 is 5.16. The van der Waals surface area contributed by atoms with Crippen LogP contribution in [-0.2, 0) is 16.1 Å². The summed E-state index contributed by atoms with van der Waals surface area (Å²) in [5.41, 5.74) is 6.07. The largest absolute Gasteiger partial charge is 0.484 e. The fraction of sp³-hybridized carbons (Fsp3) is 0.429. The number of nitrogens with zero attached hydrogens (tertiary/aromatic N) is 1. The van der Waals surface area contributed by atoms with Crippen molar-refractivity contribution in [2.75, 3.05) is 27.2 Å². The van der Waals surface area contributed by atoms with Crippen LogP contribution in [0.3, 0.4) is 0 Å². The van der Waals surface area contributed by atoms with E-state index in [-0.39, 0.29) is 12.5 Å². The molecule has 0 heterocycles. The van der Waals surface area contributed by atoms with E-state index in [2.05, 4.69) is 5.32 Å². The number of hydrogen-bond donors (Lipinski definition) is 2. The number of ether oxygens (including phenoxy) is 1. The van der Waals surface area contributed by atoms with Crippen LogP contribution >= 0.6 is 0 Å². The molecule has 0 spiro atoms. The van der Waals surface area contributed by atoms with Crippen LogP contribution < -0.4 is 15.8 Å². The van der Waals surface area contributed by atoms with Crippen LogP contribution in [0.25, 0.3) is 0 Å². The Labute approximate surface area is 118 Å². The van der Waals surface area contributed by atoms with Crippen molar-refractivity contribution in [2.45, 2.75) is 13.0 Å². The van der Waals surface area contributed by atoms with E-state index in [9.17, 15) is 9.59 Å². The summed E-state index contributed by atoms with van der Waals surface area (Å²) in [7, 11) is 3.49. The van der Waals surface area contributed by atoms with E-state index in [1.54, 1.807) is 31.1 Å². The Morgan fingerprint density at radius 1 is 1.25 bits per heavy atom. The highest BCUT2D eigenvalue weighted by atomic mass is 16.5. The second-order valence-electron chi connectivity index (χ2n) is 4.61. The molecular formula is C14H21N3O3. The van der Waals surface area contributed by atoms with Gasteiger partial charge in [0.1, 0.15) is 5.75 Å². The maximum Gasteiger partial charge on any atom is 0.255 e. The maximum atomic E-state index is 11.4. The van der Waals surface area contributed by atoms with Crippen LogP contribution in [0.4, 0.5) is 0 Å². The first kappa shape index (κ1) is 16.0. The molecule has 0 unspecified atom stereocenters. The summed E-state index contributed by atoms with van der Waals surface area (Å²) in [6.45, 7) is 1.19. The summed E-state index contributed by atoms with van der Waals surface area (Å²) in [5.74, 6) is 0.212. The van der Waals surface area contributed by atoms with Crippen LogP contribution in [0.5, 0.6) is 5.75 Å². The van der Waals surface area contributed by atoms with Crippen LogP contribution in [0, 0.1) is 0 Å². The van der Waals surface area contributed by atoms with Gasteiger partial charge in [-0.3, -0.25) is 9.59 Å². The molecule has 0 radical (unpaired) electrons. The average molecular weight is 279 g/mol. The van der Waals surface area contributed by atoms with Gasteiger partial charge in [0.2, 0.25) is 5.91 Å². The van der Waals surface area contributed by atoms with Crippen molar-refractivity contribution < 1.29 is 14.3 Å². The first-order chi connectivity index (χ1) is 9.49. The van der Waals surface area contributed by atoms with Crippen molar-refractivity contribution in [3.05, 3.63) is 29.8 Å². The fourth-order valence-electron chi connectivity index (χ4n) is 1.51. The van der Waals surface area contributed by atoms with Crippen LogP contribution in [0.15, 0.2) is 24.3 Å². The summed E-state index contributed by atoms with van der Waals surface area (Å²) in [6.07, 6.45) is 0.479. The molecule has 0 saturated carbocycles. The number of amides is 2. The third-order valence-electron chi connectivity index (χ3n) is 2.65. The minimum absolute atomic E-state index is 0.104. The van der Waals surface area contributed by atoms with Gasteiger partial charge in [-0.2, -0.15) is 0 Å². The minimum Gasteiger partial charge on any atom is -0.484 e. The molecule has 20 heavy (non-hydrogen) atoms.